The molecule has 0 saturated heterocycles. The third-order valence-electron chi connectivity index (χ3n) is 2.67. The summed E-state index contributed by atoms with van der Waals surface area (Å²) in [5, 5.41) is 2.72. The zero-order valence-corrected chi connectivity index (χ0v) is 13.3. The summed E-state index contributed by atoms with van der Waals surface area (Å²) in [7, 11) is -3.32. The Kier molecular flexibility index (Phi) is 6.54. The SMILES string of the molecule is C=CCN(C(C)(C)C)S(=O)(=O)C(C)CNC(C)C. The molecule has 0 aliphatic rings. The van der Waals surface area contributed by atoms with Gasteiger partial charge in [0.1, 0.15) is 0 Å². The van der Waals surface area contributed by atoms with Gasteiger partial charge in [-0.15, -0.1) is 6.58 Å². The molecule has 0 fully saturated rings. The first-order valence-corrected chi connectivity index (χ1v) is 7.89. The second-order valence-electron chi connectivity index (χ2n) is 5.91. The van der Waals surface area contributed by atoms with Crippen LogP contribution in [-0.4, -0.2) is 42.6 Å². The molecule has 1 unspecified atom stereocenters. The van der Waals surface area contributed by atoms with Crippen molar-refractivity contribution in [3.8, 4) is 0 Å². The number of rotatable bonds is 7. The largest absolute Gasteiger partial charge is 0.313 e. The van der Waals surface area contributed by atoms with E-state index in [1.807, 2.05) is 34.6 Å². The molecule has 0 aliphatic heterocycles. The van der Waals surface area contributed by atoms with E-state index < -0.39 is 20.8 Å². The highest BCUT2D eigenvalue weighted by atomic mass is 32.2. The van der Waals surface area contributed by atoms with Crippen molar-refractivity contribution in [3.63, 3.8) is 0 Å². The van der Waals surface area contributed by atoms with Gasteiger partial charge in [0.05, 0.1) is 5.25 Å². The van der Waals surface area contributed by atoms with E-state index in [1.165, 1.54) is 4.31 Å². The van der Waals surface area contributed by atoms with Gasteiger partial charge in [0.15, 0.2) is 0 Å². The Morgan fingerprint density at radius 1 is 1.28 bits per heavy atom. The van der Waals surface area contributed by atoms with Crippen LogP contribution in [0.4, 0.5) is 0 Å². The zero-order chi connectivity index (χ0) is 14.6. The van der Waals surface area contributed by atoms with Crippen molar-refractivity contribution in [2.75, 3.05) is 13.1 Å². The molecule has 0 rings (SSSR count). The first-order valence-electron chi connectivity index (χ1n) is 6.39. The lowest BCUT2D eigenvalue weighted by molar-refractivity contribution is 0.266. The van der Waals surface area contributed by atoms with Crippen molar-refractivity contribution in [3.05, 3.63) is 12.7 Å². The van der Waals surface area contributed by atoms with Crippen molar-refractivity contribution in [2.24, 2.45) is 0 Å². The lowest BCUT2D eigenvalue weighted by Gasteiger charge is -2.35. The van der Waals surface area contributed by atoms with Crippen LogP contribution in [0.15, 0.2) is 12.7 Å². The van der Waals surface area contributed by atoms with Crippen LogP contribution in [0.3, 0.4) is 0 Å². The molecule has 1 atom stereocenters. The maximum absolute atomic E-state index is 12.5. The van der Waals surface area contributed by atoms with Crippen LogP contribution >= 0.6 is 0 Å². The monoisotopic (exact) mass is 276 g/mol. The van der Waals surface area contributed by atoms with Crippen LogP contribution in [0.25, 0.3) is 0 Å². The van der Waals surface area contributed by atoms with Gasteiger partial charge < -0.3 is 5.32 Å². The average molecular weight is 276 g/mol. The fourth-order valence-electron chi connectivity index (χ4n) is 1.60. The zero-order valence-electron chi connectivity index (χ0n) is 12.5. The molecule has 0 spiro atoms. The second kappa shape index (κ2) is 6.68. The third-order valence-corrected chi connectivity index (χ3v) is 5.17. The molecule has 0 radical (unpaired) electrons. The van der Waals surface area contributed by atoms with Crippen LogP contribution in [0.1, 0.15) is 41.5 Å². The lowest BCUT2D eigenvalue weighted by Crippen LogP contribution is -2.51. The average Bonchev–Trinajstić information content (AvgIpc) is 2.20. The van der Waals surface area contributed by atoms with Gasteiger partial charge >= 0.3 is 0 Å². The summed E-state index contributed by atoms with van der Waals surface area (Å²) >= 11 is 0. The number of nitrogens with zero attached hydrogens (tertiary/aromatic N) is 1. The van der Waals surface area contributed by atoms with Gasteiger partial charge in [-0.05, 0) is 27.7 Å². The molecule has 0 heterocycles. The Morgan fingerprint density at radius 2 is 1.78 bits per heavy atom. The van der Waals surface area contributed by atoms with Gasteiger partial charge in [0.25, 0.3) is 0 Å². The molecule has 18 heavy (non-hydrogen) atoms. The summed E-state index contributed by atoms with van der Waals surface area (Å²) in [4.78, 5) is 0. The minimum atomic E-state index is -3.32. The first kappa shape index (κ1) is 17.6. The molecule has 0 aromatic heterocycles. The van der Waals surface area contributed by atoms with Crippen molar-refractivity contribution >= 4 is 10.0 Å². The highest BCUT2D eigenvalue weighted by Crippen LogP contribution is 2.21. The van der Waals surface area contributed by atoms with E-state index in [0.29, 0.717) is 13.1 Å². The summed E-state index contributed by atoms with van der Waals surface area (Å²) in [6.07, 6.45) is 1.63. The van der Waals surface area contributed by atoms with E-state index in [1.54, 1.807) is 13.0 Å². The van der Waals surface area contributed by atoms with E-state index in [-0.39, 0.29) is 6.04 Å². The fourth-order valence-corrected chi connectivity index (χ4v) is 3.42. The molecule has 0 saturated carbocycles. The predicted molar refractivity (Wildman–Crippen MR) is 78.2 cm³/mol. The highest BCUT2D eigenvalue weighted by Gasteiger charge is 2.35. The van der Waals surface area contributed by atoms with Crippen molar-refractivity contribution in [1.29, 1.82) is 0 Å². The van der Waals surface area contributed by atoms with Gasteiger partial charge in [-0.3, -0.25) is 0 Å². The molecule has 0 aliphatic carbocycles. The van der Waals surface area contributed by atoms with Crippen molar-refractivity contribution in [1.82, 2.24) is 9.62 Å². The number of nitrogens with one attached hydrogen (secondary N) is 1. The maximum Gasteiger partial charge on any atom is 0.218 e. The van der Waals surface area contributed by atoms with Gasteiger partial charge in [-0.25, -0.2) is 8.42 Å². The van der Waals surface area contributed by atoms with Crippen LogP contribution in [-0.2, 0) is 10.0 Å². The Balaban J connectivity index is 5.01. The Hall–Kier alpha value is -0.390. The van der Waals surface area contributed by atoms with E-state index in [0.717, 1.165) is 0 Å². The topological polar surface area (TPSA) is 49.4 Å². The van der Waals surface area contributed by atoms with Crippen LogP contribution < -0.4 is 5.32 Å². The molecular formula is C13H28N2O2S. The standard InChI is InChI=1S/C13H28N2O2S/c1-8-9-15(13(5,6)7)18(16,17)12(4)10-14-11(2)3/h8,11-12,14H,1,9-10H2,2-7H3. The summed E-state index contributed by atoms with van der Waals surface area (Å²) in [5.74, 6) is 0. The molecule has 0 aromatic rings. The second-order valence-corrected chi connectivity index (χ2v) is 8.18. The summed E-state index contributed by atoms with van der Waals surface area (Å²) in [5.41, 5.74) is -0.431. The summed E-state index contributed by atoms with van der Waals surface area (Å²) in [6, 6.07) is 0.283. The van der Waals surface area contributed by atoms with Crippen molar-refractivity contribution in [2.45, 2.75) is 58.4 Å². The molecule has 4 nitrogen and oxygen atoms in total. The summed E-state index contributed by atoms with van der Waals surface area (Å²) in [6.45, 7) is 15.9. The predicted octanol–water partition coefficient (Wildman–Crippen LogP) is 1.99. The molecule has 1 N–H and O–H groups in total. The van der Waals surface area contributed by atoms with E-state index in [9.17, 15) is 8.42 Å². The smallest absolute Gasteiger partial charge is 0.218 e. The molecular weight excluding hydrogens is 248 g/mol. The Labute approximate surface area is 112 Å². The van der Waals surface area contributed by atoms with Crippen molar-refractivity contribution < 1.29 is 8.42 Å². The Morgan fingerprint density at radius 3 is 2.11 bits per heavy atom. The number of hydrogen-bond donors (Lipinski definition) is 1. The highest BCUT2D eigenvalue weighted by molar-refractivity contribution is 7.89. The van der Waals surface area contributed by atoms with Gasteiger partial charge in [0, 0.05) is 24.7 Å². The molecule has 108 valence electrons. The minimum Gasteiger partial charge on any atom is -0.313 e. The van der Waals surface area contributed by atoms with E-state index >= 15 is 0 Å². The van der Waals surface area contributed by atoms with Gasteiger partial charge in [-0.2, -0.15) is 4.31 Å². The molecule has 0 aromatic carbocycles. The van der Waals surface area contributed by atoms with Gasteiger partial charge in [-0.1, -0.05) is 19.9 Å². The fraction of sp³-hybridized carbons (Fsp3) is 0.846. The molecule has 0 bridgehead atoms. The quantitative estimate of drug-likeness (QED) is 0.724. The lowest BCUT2D eigenvalue weighted by atomic mass is 10.1. The molecule has 0 amide bonds. The van der Waals surface area contributed by atoms with E-state index in [2.05, 4.69) is 11.9 Å². The molecule has 5 heteroatoms. The number of hydrogen-bond acceptors (Lipinski definition) is 3. The number of sulfonamides is 1. The normalized spacial score (nSPS) is 15.1. The van der Waals surface area contributed by atoms with Crippen LogP contribution in [0.2, 0.25) is 0 Å². The minimum absolute atomic E-state index is 0.283. The van der Waals surface area contributed by atoms with Crippen LogP contribution in [0, 0.1) is 0 Å². The van der Waals surface area contributed by atoms with Crippen LogP contribution in [0.5, 0.6) is 0 Å². The Bertz CT molecular complexity index is 356. The van der Waals surface area contributed by atoms with Gasteiger partial charge in [0.2, 0.25) is 10.0 Å². The summed E-state index contributed by atoms with van der Waals surface area (Å²) < 4.78 is 26.5. The third kappa shape index (κ3) is 5.08. The first-order chi connectivity index (χ1) is 8.03. The van der Waals surface area contributed by atoms with E-state index in [4.69, 9.17) is 0 Å². The maximum atomic E-state index is 12.5.